The quantitative estimate of drug-likeness (QED) is 0.634. The Balaban J connectivity index is 2.22. The van der Waals surface area contributed by atoms with E-state index in [2.05, 4.69) is 5.32 Å². The van der Waals surface area contributed by atoms with Crippen LogP contribution in [-0.2, 0) is 0 Å². The third-order valence-corrected chi connectivity index (χ3v) is 5.51. The van der Waals surface area contributed by atoms with Gasteiger partial charge in [-0.3, -0.25) is 4.79 Å². The van der Waals surface area contributed by atoms with Gasteiger partial charge in [0.2, 0.25) is 5.72 Å². The molecule has 3 N–H and O–H groups in total. The van der Waals surface area contributed by atoms with Crippen LogP contribution in [0.2, 0.25) is 0 Å². The van der Waals surface area contributed by atoms with Gasteiger partial charge in [-0.1, -0.05) is 6.07 Å². The molecule has 1 aromatic heterocycles. The number of urea groups is 1. The van der Waals surface area contributed by atoms with Crippen LogP contribution in [0.3, 0.4) is 0 Å². The van der Waals surface area contributed by atoms with Crippen LogP contribution in [0.4, 0.5) is 18.0 Å². The number of aliphatic hydroxyl groups is 1. The molecule has 0 unspecified atom stereocenters. The number of nitrogens with one attached hydrogen (secondary N) is 2. The van der Waals surface area contributed by atoms with E-state index in [1.807, 2.05) is 0 Å². The molecule has 0 saturated carbocycles. The number of carbonyl (C=O) groups is 2. The van der Waals surface area contributed by atoms with Crippen molar-refractivity contribution in [3.63, 3.8) is 0 Å². The number of benzene rings is 1. The van der Waals surface area contributed by atoms with Crippen LogP contribution in [0.1, 0.15) is 21.3 Å². The van der Waals surface area contributed by atoms with E-state index in [9.17, 15) is 27.9 Å². The molecule has 7 nitrogen and oxygen atoms in total. The third-order valence-electron chi connectivity index (χ3n) is 4.62. The van der Waals surface area contributed by atoms with Crippen molar-refractivity contribution in [3.05, 3.63) is 46.2 Å². The highest BCUT2D eigenvalue weighted by Crippen LogP contribution is 2.46. The first kappa shape index (κ1) is 20.9. The molecule has 156 valence electrons. The van der Waals surface area contributed by atoms with Crippen LogP contribution in [0.15, 0.2) is 35.7 Å². The summed E-state index contributed by atoms with van der Waals surface area (Å²) in [7, 11) is 2.65. The zero-order chi connectivity index (χ0) is 21.4. The largest absolute Gasteiger partial charge is 0.497 e. The number of Topliss-reactive ketones (excluding diaryl/α,β-unsaturated/α-hetero) is 1. The fraction of sp³-hybridized carbons (Fsp3) is 0.333. The number of ether oxygens (including phenoxy) is 2. The van der Waals surface area contributed by atoms with E-state index in [0.29, 0.717) is 0 Å². The number of halogens is 3. The number of thiophene rings is 1. The van der Waals surface area contributed by atoms with Crippen LogP contribution in [0, 0.1) is 5.92 Å². The molecular weight excluding hydrogens is 413 g/mol. The highest BCUT2D eigenvalue weighted by atomic mass is 32.1. The standard InChI is InChI=1S/C18H17F3N2O5S/c1-27-9-5-6-11(28-2)10(8-9)14-13(15(24)12-4-3-7-29-12)17(26,18(19,20)21)23-16(25)22-14/h3-8,13-14,26H,1-2H3,(H2,22,23,25)/t13-,14+,17-/m0/s1. The maximum Gasteiger partial charge on any atom is 0.437 e. The molecule has 3 rings (SSSR count). The Bertz CT molecular complexity index is 919. The Morgan fingerprint density at radius 2 is 1.97 bits per heavy atom. The summed E-state index contributed by atoms with van der Waals surface area (Å²) < 4.78 is 51.9. The molecule has 2 heterocycles. The van der Waals surface area contributed by atoms with E-state index in [1.54, 1.807) is 0 Å². The molecule has 0 spiro atoms. The molecule has 1 saturated heterocycles. The molecule has 11 heteroatoms. The molecule has 2 aromatic rings. The molecule has 2 amide bonds. The van der Waals surface area contributed by atoms with Gasteiger partial charge in [0, 0.05) is 5.56 Å². The smallest absolute Gasteiger partial charge is 0.437 e. The van der Waals surface area contributed by atoms with Crippen molar-refractivity contribution in [1.82, 2.24) is 10.6 Å². The number of rotatable bonds is 5. The Hall–Kier alpha value is -2.79. The van der Waals surface area contributed by atoms with E-state index >= 15 is 0 Å². The second-order valence-electron chi connectivity index (χ2n) is 6.27. The zero-order valence-electron chi connectivity index (χ0n) is 15.2. The van der Waals surface area contributed by atoms with Crippen LogP contribution in [0.5, 0.6) is 11.5 Å². The number of methoxy groups -OCH3 is 2. The number of alkyl halides is 3. The zero-order valence-corrected chi connectivity index (χ0v) is 16.1. The van der Waals surface area contributed by atoms with Gasteiger partial charge in [0.15, 0.2) is 5.78 Å². The van der Waals surface area contributed by atoms with E-state index in [4.69, 9.17) is 9.47 Å². The molecule has 0 radical (unpaired) electrons. The molecule has 1 aliphatic rings. The van der Waals surface area contributed by atoms with Gasteiger partial charge in [-0.25, -0.2) is 4.79 Å². The molecule has 3 atom stereocenters. The van der Waals surface area contributed by atoms with Crippen molar-refractivity contribution in [2.75, 3.05) is 14.2 Å². The Morgan fingerprint density at radius 3 is 2.52 bits per heavy atom. The Kier molecular flexibility index (Phi) is 5.46. The first-order valence-corrected chi connectivity index (χ1v) is 9.17. The summed E-state index contributed by atoms with van der Waals surface area (Å²) in [4.78, 5) is 25.1. The molecule has 0 bridgehead atoms. The van der Waals surface area contributed by atoms with Gasteiger partial charge in [0.05, 0.1) is 25.1 Å². The predicted molar refractivity (Wildman–Crippen MR) is 97.1 cm³/mol. The average Bonchev–Trinajstić information content (AvgIpc) is 3.20. The summed E-state index contributed by atoms with van der Waals surface area (Å²) in [6.45, 7) is 0. The lowest BCUT2D eigenvalue weighted by molar-refractivity contribution is -0.287. The number of hydrogen-bond donors (Lipinski definition) is 3. The van der Waals surface area contributed by atoms with E-state index in [0.717, 1.165) is 11.3 Å². The van der Waals surface area contributed by atoms with Gasteiger partial charge in [0.25, 0.3) is 0 Å². The lowest BCUT2D eigenvalue weighted by Crippen LogP contribution is -2.72. The maximum absolute atomic E-state index is 13.9. The first-order chi connectivity index (χ1) is 13.6. The minimum atomic E-state index is -5.33. The second-order valence-corrected chi connectivity index (χ2v) is 7.22. The Morgan fingerprint density at radius 1 is 1.24 bits per heavy atom. The number of carbonyl (C=O) groups excluding carboxylic acids is 2. The maximum atomic E-state index is 13.9. The summed E-state index contributed by atoms with van der Waals surface area (Å²) in [6.07, 6.45) is -5.33. The highest BCUT2D eigenvalue weighted by molar-refractivity contribution is 7.12. The van der Waals surface area contributed by atoms with Gasteiger partial charge in [-0.2, -0.15) is 13.2 Å². The van der Waals surface area contributed by atoms with Gasteiger partial charge in [0.1, 0.15) is 17.4 Å². The summed E-state index contributed by atoms with van der Waals surface area (Å²) in [5.74, 6) is -2.72. The predicted octanol–water partition coefficient (Wildman–Crippen LogP) is 2.87. The summed E-state index contributed by atoms with van der Waals surface area (Å²) in [5, 5.41) is 15.9. The SMILES string of the molecule is COc1ccc(OC)c([C@H]2NC(=O)N[C@@](O)(C(F)(F)F)[C@@H]2C(=O)c2cccs2)c1. The van der Waals surface area contributed by atoms with Crippen molar-refractivity contribution in [2.24, 2.45) is 5.92 Å². The van der Waals surface area contributed by atoms with E-state index in [-0.39, 0.29) is 21.9 Å². The highest BCUT2D eigenvalue weighted by Gasteiger charge is 2.66. The van der Waals surface area contributed by atoms with Crippen LogP contribution >= 0.6 is 11.3 Å². The minimum Gasteiger partial charge on any atom is -0.497 e. The molecule has 1 aliphatic heterocycles. The average molecular weight is 430 g/mol. The number of ketones is 1. The van der Waals surface area contributed by atoms with Gasteiger partial charge in [-0.15, -0.1) is 11.3 Å². The second kappa shape index (κ2) is 7.56. The summed E-state index contributed by atoms with van der Waals surface area (Å²) in [6, 6.07) is 4.31. The molecule has 1 fully saturated rings. The normalized spacial score (nSPS) is 24.4. The fourth-order valence-corrected chi connectivity index (χ4v) is 3.96. The Labute approximate surface area is 167 Å². The topological polar surface area (TPSA) is 96.9 Å². The van der Waals surface area contributed by atoms with Crippen molar-refractivity contribution in [1.29, 1.82) is 0 Å². The monoisotopic (exact) mass is 430 g/mol. The molecule has 29 heavy (non-hydrogen) atoms. The minimum absolute atomic E-state index is 0.00230. The van der Waals surface area contributed by atoms with Crippen LogP contribution in [0.25, 0.3) is 0 Å². The van der Waals surface area contributed by atoms with Crippen molar-refractivity contribution < 1.29 is 37.3 Å². The van der Waals surface area contributed by atoms with E-state index < -0.39 is 35.7 Å². The number of amides is 2. The van der Waals surface area contributed by atoms with Crippen molar-refractivity contribution in [2.45, 2.75) is 17.9 Å². The number of hydrogen-bond acceptors (Lipinski definition) is 6. The van der Waals surface area contributed by atoms with Gasteiger partial charge in [-0.05, 0) is 29.6 Å². The lowest BCUT2D eigenvalue weighted by Gasteiger charge is -2.45. The van der Waals surface area contributed by atoms with Crippen molar-refractivity contribution in [3.8, 4) is 11.5 Å². The molecular formula is C18H17F3N2O5S. The van der Waals surface area contributed by atoms with Gasteiger partial charge < -0.3 is 25.2 Å². The first-order valence-electron chi connectivity index (χ1n) is 8.29. The third kappa shape index (κ3) is 3.62. The van der Waals surface area contributed by atoms with Crippen molar-refractivity contribution >= 4 is 23.2 Å². The summed E-state index contributed by atoms with van der Waals surface area (Å²) >= 11 is 0.927. The molecule has 0 aliphatic carbocycles. The van der Waals surface area contributed by atoms with Crippen LogP contribution in [-0.4, -0.2) is 43.0 Å². The van der Waals surface area contributed by atoms with Gasteiger partial charge >= 0.3 is 12.2 Å². The van der Waals surface area contributed by atoms with E-state index in [1.165, 1.54) is 55.2 Å². The lowest BCUT2D eigenvalue weighted by atomic mass is 9.78. The molecule has 1 aromatic carbocycles. The fourth-order valence-electron chi connectivity index (χ4n) is 3.25. The van der Waals surface area contributed by atoms with Crippen LogP contribution < -0.4 is 20.1 Å². The summed E-state index contributed by atoms with van der Waals surface area (Å²) in [5.41, 5.74) is -3.74.